The Morgan fingerprint density at radius 1 is 0.933 bits per heavy atom. The fourth-order valence-electron chi connectivity index (χ4n) is 3.28. The summed E-state index contributed by atoms with van der Waals surface area (Å²) < 4.78 is 5.74. The molecule has 0 amide bonds. The van der Waals surface area contributed by atoms with Crippen LogP contribution in [0.2, 0.25) is 0 Å². The molecule has 0 radical (unpaired) electrons. The van der Waals surface area contributed by atoms with Gasteiger partial charge in [0.05, 0.1) is 18.0 Å². The van der Waals surface area contributed by atoms with Crippen molar-refractivity contribution < 1.29 is 9.84 Å². The third-order valence-electron chi connectivity index (χ3n) is 4.92. The van der Waals surface area contributed by atoms with Gasteiger partial charge in [0, 0.05) is 11.1 Å². The molecule has 3 aromatic carbocycles. The number of ether oxygens (including phenoxy) is 1. The fraction of sp³-hybridized carbons (Fsp3) is 0.160. The molecule has 152 valence electrons. The first-order chi connectivity index (χ1) is 14.7. The highest BCUT2D eigenvalue weighted by atomic mass is 16.5. The van der Waals surface area contributed by atoms with Gasteiger partial charge in [-0.3, -0.25) is 5.43 Å². The Labute approximate surface area is 176 Å². The van der Waals surface area contributed by atoms with Crippen LogP contribution < -0.4 is 15.3 Å². The number of hydrogen-bond donors (Lipinski definition) is 2. The number of rotatable bonds is 6. The minimum absolute atomic E-state index is 0.140. The molecule has 5 heteroatoms. The molecule has 0 aliphatic carbocycles. The number of anilines is 1. The first-order valence-corrected chi connectivity index (χ1v) is 10.1. The van der Waals surface area contributed by atoms with E-state index >= 15 is 0 Å². The van der Waals surface area contributed by atoms with Crippen molar-refractivity contribution in [2.75, 3.05) is 11.7 Å². The zero-order valence-electron chi connectivity index (χ0n) is 17.2. The summed E-state index contributed by atoms with van der Waals surface area (Å²) in [5.74, 6) is 0.822. The second-order valence-corrected chi connectivity index (χ2v) is 7.10. The molecule has 4 rings (SSSR count). The molecule has 0 spiro atoms. The zero-order chi connectivity index (χ0) is 20.9. The normalized spacial score (nSPS) is 13.3. The largest absolute Gasteiger partial charge is 0.505 e. The Bertz CT molecular complexity index is 1080. The fourth-order valence-corrected chi connectivity index (χ4v) is 3.28. The molecule has 0 saturated heterocycles. The Hall–Kier alpha value is -3.73. The van der Waals surface area contributed by atoms with Crippen LogP contribution in [0.1, 0.15) is 30.0 Å². The van der Waals surface area contributed by atoms with E-state index in [1.165, 1.54) is 0 Å². The molecule has 0 atom stereocenters. The standard InChI is InChI=1S/C25H25N3O2/c1-3-16-30-24-15-14-23(25(29)18(24)2)28-26-21(19-10-6-4-7-11-19)17-22(27-28)20-12-8-5-9-13-20/h4-15,17,26,29H,3,16H2,1-2H3. The van der Waals surface area contributed by atoms with Gasteiger partial charge in [-0.1, -0.05) is 67.6 Å². The van der Waals surface area contributed by atoms with Crippen LogP contribution in [0.5, 0.6) is 11.5 Å². The van der Waals surface area contributed by atoms with Gasteiger partial charge in [0.15, 0.2) is 0 Å². The molecule has 0 aromatic heterocycles. The molecule has 30 heavy (non-hydrogen) atoms. The summed E-state index contributed by atoms with van der Waals surface area (Å²) >= 11 is 0. The minimum atomic E-state index is 0.140. The minimum Gasteiger partial charge on any atom is -0.505 e. The molecule has 1 heterocycles. The van der Waals surface area contributed by atoms with Gasteiger partial charge in [0.1, 0.15) is 17.2 Å². The van der Waals surface area contributed by atoms with Gasteiger partial charge in [0.25, 0.3) is 0 Å². The van der Waals surface area contributed by atoms with Crippen molar-refractivity contribution >= 4 is 17.1 Å². The van der Waals surface area contributed by atoms with E-state index in [-0.39, 0.29) is 5.75 Å². The molecule has 0 saturated carbocycles. The summed E-state index contributed by atoms with van der Waals surface area (Å²) in [5.41, 5.74) is 8.30. The van der Waals surface area contributed by atoms with E-state index in [4.69, 9.17) is 9.84 Å². The van der Waals surface area contributed by atoms with Gasteiger partial charge in [0.2, 0.25) is 0 Å². The van der Waals surface area contributed by atoms with Crippen molar-refractivity contribution in [3.8, 4) is 11.5 Å². The van der Waals surface area contributed by atoms with Crippen molar-refractivity contribution in [3.63, 3.8) is 0 Å². The summed E-state index contributed by atoms with van der Waals surface area (Å²) in [4.78, 5) is 0. The predicted molar refractivity (Wildman–Crippen MR) is 122 cm³/mol. The molecule has 1 aliphatic heterocycles. The third-order valence-corrected chi connectivity index (χ3v) is 4.92. The highest BCUT2D eigenvalue weighted by Gasteiger charge is 2.21. The first-order valence-electron chi connectivity index (χ1n) is 10.1. The van der Waals surface area contributed by atoms with Gasteiger partial charge < -0.3 is 9.84 Å². The number of hydrogen-bond acceptors (Lipinski definition) is 5. The van der Waals surface area contributed by atoms with E-state index in [0.29, 0.717) is 23.6 Å². The summed E-state index contributed by atoms with van der Waals surface area (Å²) in [6, 6.07) is 23.8. The van der Waals surface area contributed by atoms with Crippen LogP contribution in [0.3, 0.4) is 0 Å². The Balaban J connectivity index is 1.75. The maximum absolute atomic E-state index is 10.9. The van der Waals surface area contributed by atoms with E-state index < -0.39 is 0 Å². The summed E-state index contributed by atoms with van der Waals surface area (Å²) in [6.45, 7) is 4.51. The SMILES string of the molecule is CCCOc1ccc(N2N=C(c3ccccc3)C=C(c3ccccc3)N2)c(O)c1C. The van der Waals surface area contributed by atoms with Gasteiger partial charge in [-0.15, -0.1) is 0 Å². The third kappa shape index (κ3) is 4.01. The van der Waals surface area contributed by atoms with Crippen molar-refractivity contribution in [2.45, 2.75) is 20.3 Å². The highest BCUT2D eigenvalue weighted by molar-refractivity contribution is 6.13. The van der Waals surface area contributed by atoms with Gasteiger partial charge in [-0.2, -0.15) is 10.2 Å². The Morgan fingerprint density at radius 3 is 2.27 bits per heavy atom. The van der Waals surface area contributed by atoms with E-state index in [9.17, 15) is 5.11 Å². The quantitative estimate of drug-likeness (QED) is 0.594. The average Bonchev–Trinajstić information content (AvgIpc) is 2.81. The molecule has 2 N–H and O–H groups in total. The van der Waals surface area contributed by atoms with Crippen LogP contribution >= 0.6 is 0 Å². The van der Waals surface area contributed by atoms with E-state index in [0.717, 1.165) is 29.0 Å². The number of hydrazine groups is 1. The molecule has 0 unspecified atom stereocenters. The lowest BCUT2D eigenvalue weighted by Crippen LogP contribution is -2.36. The Morgan fingerprint density at radius 2 is 1.60 bits per heavy atom. The molecule has 1 aliphatic rings. The second-order valence-electron chi connectivity index (χ2n) is 7.10. The monoisotopic (exact) mass is 399 g/mol. The van der Waals surface area contributed by atoms with E-state index in [2.05, 4.69) is 12.3 Å². The first kappa shape index (κ1) is 19.6. The van der Waals surface area contributed by atoms with Crippen LogP contribution in [-0.2, 0) is 0 Å². The van der Waals surface area contributed by atoms with Gasteiger partial charge in [-0.25, -0.2) is 0 Å². The molecular weight excluding hydrogens is 374 g/mol. The van der Waals surface area contributed by atoms with Crippen LogP contribution in [-0.4, -0.2) is 17.4 Å². The van der Waals surface area contributed by atoms with Gasteiger partial charge >= 0.3 is 0 Å². The van der Waals surface area contributed by atoms with Crippen molar-refractivity contribution in [1.29, 1.82) is 0 Å². The lowest BCUT2D eigenvalue weighted by Gasteiger charge is -2.29. The summed E-state index contributed by atoms with van der Waals surface area (Å²) in [6.07, 6.45) is 2.93. The summed E-state index contributed by atoms with van der Waals surface area (Å²) in [7, 11) is 0. The van der Waals surface area contributed by atoms with Crippen LogP contribution in [0.15, 0.2) is 84.0 Å². The van der Waals surface area contributed by atoms with Crippen molar-refractivity contribution in [2.24, 2.45) is 5.10 Å². The van der Waals surface area contributed by atoms with Gasteiger partial charge in [-0.05, 0) is 37.1 Å². The number of hydrazone groups is 1. The molecular formula is C25H25N3O2. The maximum Gasteiger partial charge on any atom is 0.149 e. The predicted octanol–water partition coefficient (Wildman–Crippen LogP) is 5.26. The molecule has 0 fully saturated rings. The number of nitrogens with zero attached hydrogens (tertiary/aromatic N) is 2. The van der Waals surface area contributed by atoms with Crippen LogP contribution in [0.4, 0.5) is 5.69 Å². The number of nitrogens with one attached hydrogen (secondary N) is 1. The average molecular weight is 399 g/mol. The lowest BCUT2D eigenvalue weighted by atomic mass is 10.1. The van der Waals surface area contributed by atoms with Crippen molar-refractivity contribution in [1.82, 2.24) is 5.43 Å². The van der Waals surface area contributed by atoms with E-state index in [1.54, 1.807) is 5.12 Å². The molecule has 0 bridgehead atoms. The number of benzene rings is 3. The second kappa shape index (κ2) is 8.74. The maximum atomic E-state index is 10.9. The summed E-state index contributed by atoms with van der Waals surface area (Å²) in [5, 5.41) is 17.3. The number of phenols is 1. The Kier molecular flexibility index (Phi) is 5.70. The highest BCUT2D eigenvalue weighted by Crippen LogP contribution is 2.37. The smallest absolute Gasteiger partial charge is 0.149 e. The van der Waals surface area contributed by atoms with E-state index in [1.807, 2.05) is 85.8 Å². The molecule has 3 aromatic rings. The zero-order valence-corrected chi connectivity index (χ0v) is 17.2. The number of phenolic OH excluding ortho intramolecular Hbond substituents is 1. The number of allylic oxidation sites excluding steroid dienone is 1. The van der Waals surface area contributed by atoms with Crippen molar-refractivity contribution in [3.05, 3.63) is 95.6 Å². The molecule has 5 nitrogen and oxygen atoms in total. The van der Waals surface area contributed by atoms with Crippen LogP contribution in [0, 0.1) is 6.92 Å². The lowest BCUT2D eigenvalue weighted by molar-refractivity contribution is 0.313. The number of aromatic hydroxyl groups is 1. The van der Waals surface area contributed by atoms with Crippen LogP contribution in [0.25, 0.3) is 5.70 Å². The topological polar surface area (TPSA) is 57.1 Å².